The molecule has 0 unspecified atom stereocenters. The minimum absolute atomic E-state index is 0.303. The number of hydrogen-bond donors (Lipinski definition) is 2. The van der Waals surface area contributed by atoms with Gasteiger partial charge in [-0.15, -0.1) is 0 Å². The van der Waals surface area contributed by atoms with Crippen molar-refractivity contribution in [2.45, 2.75) is 13.3 Å². The number of hydrogen-bond acceptors (Lipinski definition) is 5. The molecule has 1 aliphatic rings. The first-order valence-corrected chi connectivity index (χ1v) is 7.26. The van der Waals surface area contributed by atoms with Gasteiger partial charge in [0.1, 0.15) is 0 Å². The molecule has 9 heteroatoms. The molecule has 22 heavy (non-hydrogen) atoms. The van der Waals surface area contributed by atoms with Crippen LogP contribution in [0, 0.1) is 0 Å². The van der Waals surface area contributed by atoms with Crippen molar-refractivity contribution in [1.82, 2.24) is 20.4 Å². The maximum Gasteiger partial charge on any atom is 0.409 e. The van der Waals surface area contributed by atoms with Gasteiger partial charge >= 0.3 is 17.9 Å². The number of amides is 4. The van der Waals surface area contributed by atoms with Crippen LogP contribution in [0.1, 0.15) is 13.3 Å². The second-order valence-corrected chi connectivity index (χ2v) is 4.66. The molecule has 0 aromatic carbocycles. The summed E-state index contributed by atoms with van der Waals surface area (Å²) in [6, 6.07) is 0. The van der Waals surface area contributed by atoms with Gasteiger partial charge in [-0.2, -0.15) is 0 Å². The van der Waals surface area contributed by atoms with Gasteiger partial charge in [0, 0.05) is 39.3 Å². The van der Waals surface area contributed by atoms with Gasteiger partial charge < -0.3 is 25.2 Å². The Morgan fingerprint density at radius 1 is 1.09 bits per heavy atom. The molecule has 0 aromatic heterocycles. The zero-order valence-electron chi connectivity index (χ0n) is 12.7. The summed E-state index contributed by atoms with van der Waals surface area (Å²) in [5.74, 6) is -1.28. The van der Waals surface area contributed by atoms with Gasteiger partial charge in [-0.25, -0.2) is 4.79 Å². The Morgan fingerprint density at radius 3 is 2.32 bits per heavy atom. The van der Waals surface area contributed by atoms with Crippen molar-refractivity contribution < 1.29 is 23.9 Å². The summed E-state index contributed by atoms with van der Waals surface area (Å²) in [5.41, 5.74) is 0. The molecule has 1 heterocycles. The van der Waals surface area contributed by atoms with Crippen molar-refractivity contribution in [3.63, 3.8) is 0 Å². The Morgan fingerprint density at radius 2 is 1.73 bits per heavy atom. The van der Waals surface area contributed by atoms with E-state index < -0.39 is 17.9 Å². The van der Waals surface area contributed by atoms with Crippen LogP contribution in [0.15, 0.2) is 0 Å². The SMILES string of the molecule is CCOC(=O)N1CCN(C(=O)C(=O)NCCCNC=O)CC1. The molecule has 4 amide bonds. The molecule has 1 aliphatic heterocycles. The number of carbonyl (C=O) groups is 4. The zero-order valence-corrected chi connectivity index (χ0v) is 12.7. The minimum Gasteiger partial charge on any atom is -0.450 e. The Bertz CT molecular complexity index is 407. The van der Waals surface area contributed by atoms with E-state index in [1.54, 1.807) is 6.92 Å². The summed E-state index contributed by atoms with van der Waals surface area (Å²) in [5, 5.41) is 4.97. The van der Waals surface area contributed by atoms with Crippen LogP contribution in [-0.4, -0.2) is 80.0 Å². The summed E-state index contributed by atoms with van der Waals surface area (Å²) in [6.45, 7) is 4.09. The van der Waals surface area contributed by atoms with Crippen molar-refractivity contribution in [2.24, 2.45) is 0 Å². The molecular formula is C13H22N4O5. The summed E-state index contributed by atoms with van der Waals surface area (Å²) in [4.78, 5) is 48.1. The van der Waals surface area contributed by atoms with Crippen LogP contribution >= 0.6 is 0 Å². The number of nitrogens with one attached hydrogen (secondary N) is 2. The first-order chi connectivity index (χ1) is 10.6. The third kappa shape index (κ3) is 5.58. The van der Waals surface area contributed by atoms with E-state index in [9.17, 15) is 19.2 Å². The first-order valence-electron chi connectivity index (χ1n) is 7.26. The minimum atomic E-state index is -0.671. The second-order valence-electron chi connectivity index (χ2n) is 4.66. The first kappa shape index (κ1) is 17.7. The van der Waals surface area contributed by atoms with Gasteiger partial charge in [-0.05, 0) is 13.3 Å². The molecule has 0 aliphatic carbocycles. The molecule has 0 aromatic rings. The summed E-state index contributed by atoms with van der Waals surface area (Å²) < 4.78 is 4.88. The Hall–Kier alpha value is -2.32. The number of ether oxygens (including phenoxy) is 1. The third-order valence-corrected chi connectivity index (χ3v) is 3.15. The monoisotopic (exact) mass is 314 g/mol. The second kappa shape index (κ2) is 9.59. The quantitative estimate of drug-likeness (QED) is 0.354. The molecule has 124 valence electrons. The maximum absolute atomic E-state index is 11.9. The lowest BCUT2D eigenvalue weighted by Gasteiger charge is -2.33. The molecule has 0 bridgehead atoms. The highest BCUT2D eigenvalue weighted by Gasteiger charge is 2.28. The third-order valence-electron chi connectivity index (χ3n) is 3.15. The lowest BCUT2D eigenvalue weighted by Crippen LogP contribution is -2.54. The summed E-state index contributed by atoms with van der Waals surface area (Å²) in [6.07, 6.45) is 0.728. The van der Waals surface area contributed by atoms with E-state index in [-0.39, 0.29) is 0 Å². The normalized spacial score (nSPS) is 14.2. The topological polar surface area (TPSA) is 108 Å². The molecule has 0 atom stereocenters. The zero-order chi connectivity index (χ0) is 16.4. The fraction of sp³-hybridized carbons (Fsp3) is 0.692. The fourth-order valence-electron chi connectivity index (χ4n) is 1.98. The smallest absolute Gasteiger partial charge is 0.409 e. The van der Waals surface area contributed by atoms with E-state index in [0.717, 1.165) is 0 Å². The largest absolute Gasteiger partial charge is 0.450 e. The Kier molecular flexibility index (Phi) is 7.73. The van der Waals surface area contributed by atoms with Gasteiger partial charge in [-0.3, -0.25) is 14.4 Å². The van der Waals surface area contributed by atoms with Crippen molar-refractivity contribution in [3.8, 4) is 0 Å². The van der Waals surface area contributed by atoms with E-state index in [2.05, 4.69) is 10.6 Å². The average Bonchev–Trinajstić information content (AvgIpc) is 2.54. The molecule has 9 nitrogen and oxygen atoms in total. The van der Waals surface area contributed by atoms with Gasteiger partial charge in [0.2, 0.25) is 6.41 Å². The number of carbonyl (C=O) groups excluding carboxylic acids is 4. The lowest BCUT2D eigenvalue weighted by atomic mass is 10.3. The Balaban J connectivity index is 2.28. The summed E-state index contributed by atoms with van der Waals surface area (Å²) in [7, 11) is 0. The predicted octanol–water partition coefficient (Wildman–Crippen LogP) is -1.46. The van der Waals surface area contributed by atoms with Crippen LogP contribution in [0.3, 0.4) is 0 Å². The van der Waals surface area contributed by atoms with Crippen LogP contribution in [0.2, 0.25) is 0 Å². The molecule has 1 fully saturated rings. The summed E-state index contributed by atoms with van der Waals surface area (Å²) >= 11 is 0. The highest BCUT2D eigenvalue weighted by molar-refractivity contribution is 6.35. The van der Waals surface area contributed by atoms with Crippen LogP contribution in [-0.2, 0) is 19.1 Å². The van der Waals surface area contributed by atoms with Crippen molar-refractivity contribution >= 4 is 24.3 Å². The van der Waals surface area contributed by atoms with Gasteiger partial charge in [0.15, 0.2) is 0 Å². The number of rotatable bonds is 6. The van der Waals surface area contributed by atoms with Crippen molar-refractivity contribution in [1.29, 1.82) is 0 Å². The standard InChI is InChI=1S/C13H22N4O5/c1-2-22-13(21)17-8-6-16(7-9-17)12(20)11(19)15-5-3-4-14-10-18/h10H,2-9H2,1H3,(H,14,18)(H,15,19). The van der Waals surface area contributed by atoms with E-state index in [1.807, 2.05) is 0 Å². The highest BCUT2D eigenvalue weighted by Crippen LogP contribution is 2.04. The molecular weight excluding hydrogens is 292 g/mol. The highest BCUT2D eigenvalue weighted by atomic mass is 16.6. The van der Waals surface area contributed by atoms with Gasteiger partial charge in [-0.1, -0.05) is 0 Å². The molecule has 0 radical (unpaired) electrons. The molecule has 1 saturated heterocycles. The van der Waals surface area contributed by atoms with Crippen molar-refractivity contribution in [3.05, 3.63) is 0 Å². The van der Waals surface area contributed by atoms with Crippen LogP contribution < -0.4 is 10.6 Å². The molecule has 0 spiro atoms. The van der Waals surface area contributed by atoms with Gasteiger partial charge in [0.05, 0.1) is 6.61 Å². The average molecular weight is 314 g/mol. The Labute approximate surface area is 128 Å². The van der Waals surface area contributed by atoms with E-state index in [4.69, 9.17) is 4.74 Å². The maximum atomic E-state index is 11.9. The lowest BCUT2D eigenvalue weighted by molar-refractivity contribution is -0.146. The van der Waals surface area contributed by atoms with Gasteiger partial charge in [0.25, 0.3) is 0 Å². The van der Waals surface area contributed by atoms with Crippen LogP contribution in [0.5, 0.6) is 0 Å². The number of piperazine rings is 1. The predicted molar refractivity (Wildman–Crippen MR) is 76.9 cm³/mol. The van der Waals surface area contributed by atoms with E-state index >= 15 is 0 Å². The fourth-order valence-corrected chi connectivity index (χ4v) is 1.98. The van der Waals surface area contributed by atoms with Crippen molar-refractivity contribution in [2.75, 3.05) is 45.9 Å². The van der Waals surface area contributed by atoms with E-state index in [1.165, 1.54) is 9.80 Å². The molecule has 0 saturated carbocycles. The van der Waals surface area contributed by atoms with Crippen LogP contribution in [0.4, 0.5) is 4.79 Å². The van der Waals surface area contributed by atoms with Crippen LogP contribution in [0.25, 0.3) is 0 Å². The number of nitrogens with zero attached hydrogens (tertiary/aromatic N) is 2. The van der Waals surface area contributed by atoms with E-state index in [0.29, 0.717) is 58.7 Å². The molecule has 2 N–H and O–H groups in total. The molecule has 1 rings (SSSR count).